The van der Waals surface area contributed by atoms with Gasteiger partial charge in [0.1, 0.15) is 6.54 Å². The number of nitrogens with zero attached hydrogens (tertiary/aromatic N) is 1. The number of amides is 1. The van der Waals surface area contributed by atoms with E-state index in [-0.39, 0.29) is 12.5 Å². The molecule has 1 heterocycles. The molecule has 1 aromatic heterocycles. The number of hydrogen-bond acceptors (Lipinski definition) is 3. The third kappa shape index (κ3) is 3.25. The van der Waals surface area contributed by atoms with E-state index in [1.807, 2.05) is 6.92 Å². The number of oxazole rings is 1. The van der Waals surface area contributed by atoms with Gasteiger partial charge in [-0.25, -0.2) is 4.79 Å². The molecular formula is C16H12Cl2N2O3. The first-order valence-electron chi connectivity index (χ1n) is 6.79. The summed E-state index contributed by atoms with van der Waals surface area (Å²) in [5.74, 6) is -0.944. The van der Waals surface area contributed by atoms with Crippen LogP contribution < -0.4 is 11.1 Å². The van der Waals surface area contributed by atoms with Crippen LogP contribution in [0.1, 0.15) is 5.56 Å². The van der Waals surface area contributed by atoms with Gasteiger partial charge in [0.05, 0.1) is 5.52 Å². The Hall–Kier alpha value is -2.24. The van der Waals surface area contributed by atoms with Crippen molar-refractivity contribution in [1.82, 2.24) is 4.57 Å². The monoisotopic (exact) mass is 350 g/mol. The Morgan fingerprint density at radius 2 is 1.87 bits per heavy atom. The van der Waals surface area contributed by atoms with E-state index in [9.17, 15) is 9.59 Å². The third-order valence-electron chi connectivity index (χ3n) is 3.39. The summed E-state index contributed by atoms with van der Waals surface area (Å²) in [7, 11) is 0. The average molecular weight is 351 g/mol. The SMILES string of the molecule is Cc1cc(Cl)ccc1NC(=O)Cn1c(=O)oc2cc(Cl)ccc21. The molecule has 0 unspecified atom stereocenters. The van der Waals surface area contributed by atoms with Gasteiger partial charge in [-0.1, -0.05) is 23.2 Å². The van der Waals surface area contributed by atoms with E-state index in [2.05, 4.69) is 5.32 Å². The van der Waals surface area contributed by atoms with Gasteiger partial charge in [0.15, 0.2) is 5.58 Å². The first-order chi connectivity index (χ1) is 10.9. The van der Waals surface area contributed by atoms with Gasteiger partial charge in [0.25, 0.3) is 0 Å². The zero-order chi connectivity index (χ0) is 16.6. The zero-order valence-corrected chi connectivity index (χ0v) is 13.6. The molecule has 1 N–H and O–H groups in total. The van der Waals surface area contributed by atoms with Crippen molar-refractivity contribution in [2.24, 2.45) is 0 Å². The topological polar surface area (TPSA) is 64.2 Å². The molecule has 118 valence electrons. The van der Waals surface area contributed by atoms with Gasteiger partial charge >= 0.3 is 5.76 Å². The van der Waals surface area contributed by atoms with E-state index in [1.54, 1.807) is 30.3 Å². The maximum Gasteiger partial charge on any atom is 0.420 e. The normalized spacial score (nSPS) is 10.9. The van der Waals surface area contributed by atoms with E-state index in [0.717, 1.165) is 5.56 Å². The van der Waals surface area contributed by atoms with Gasteiger partial charge in [-0.2, -0.15) is 0 Å². The number of fused-ring (bicyclic) bond motifs is 1. The molecule has 0 aliphatic heterocycles. The van der Waals surface area contributed by atoms with Crippen LogP contribution in [0.25, 0.3) is 11.1 Å². The molecule has 5 nitrogen and oxygen atoms in total. The van der Waals surface area contributed by atoms with Gasteiger partial charge in [-0.05, 0) is 42.8 Å². The highest BCUT2D eigenvalue weighted by molar-refractivity contribution is 6.31. The van der Waals surface area contributed by atoms with Crippen molar-refractivity contribution in [3.05, 3.63) is 62.6 Å². The summed E-state index contributed by atoms with van der Waals surface area (Å²) in [6.07, 6.45) is 0. The number of anilines is 1. The standard InChI is InChI=1S/C16H12Cl2N2O3/c1-9-6-10(17)2-4-12(9)19-15(21)8-20-13-5-3-11(18)7-14(13)23-16(20)22/h2-7H,8H2,1H3,(H,19,21). The lowest BCUT2D eigenvalue weighted by Gasteiger charge is -2.09. The van der Waals surface area contributed by atoms with Crippen LogP contribution in [-0.2, 0) is 11.3 Å². The van der Waals surface area contributed by atoms with Crippen molar-refractivity contribution in [2.75, 3.05) is 5.32 Å². The van der Waals surface area contributed by atoms with Gasteiger partial charge in [0.2, 0.25) is 5.91 Å². The molecule has 3 aromatic rings. The molecule has 7 heteroatoms. The second kappa shape index (κ2) is 6.10. The zero-order valence-electron chi connectivity index (χ0n) is 12.1. The lowest BCUT2D eigenvalue weighted by molar-refractivity contribution is -0.116. The molecule has 23 heavy (non-hydrogen) atoms. The summed E-state index contributed by atoms with van der Waals surface area (Å²) in [6.45, 7) is 1.68. The molecular weight excluding hydrogens is 339 g/mol. The van der Waals surface area contributed by atoms with Gasteiger partial charge in [0, 0.05) is 21.8 Å². The Labute approximate surface area is 141 Å². The molecule has 2 aromatic carbocycles. The summed E-state index contributed by atoms with van der Waals surface area (Å²) >= 11 is 11.7. The average Bonchev–Trinajstić information content (AvgIpc) is 2.77. The number of aromatic nitrogens is 1. The van der Waals surface area contributed by atoms with Crippen molar-refractivity contribution in [3.63, 3.8) is 0 Å². The summed E-state index contributed by atoms with van der Waals surface area (Å²) < 4.78 is 6.35. The molecule has 0 spiro atoms. The number of carbonyl (C=O) groups excluding carboxylic acids is 1. The van der Waals surface area contributed by atoms with Crippen LogP contribution in [0.4, 0.5) is 5.69 Å². The fourth-order valence-electron chi connectivity index (χ4n) is 2.29. The fraction of sp³-hybridized carbons (Fsp3) is 0.125. The lowest BCUT2D eigenvalue weighted by Crippen LogP contribution is -2.25. The molecule has 0 aliphatic rings. The van der Waals surface area contributed by atoms with E-state index in [0.29, 0.717) is 26.8 Å². The first-order valence-corrected chi connectivity index (χ1v) is 7.54. The first kappa shape index (κ1) is 15.6. The fourth-order valence-corrected chi connectivity index (χ4v) is 2.68. The minimum Gasteiger partial charge on any atom is -0.408 e. The van der Waals surface area contributed by atoms with Crippen LogP contribution in [0.15, 0.2) is 45.6 Å². The van der Waals surface area contributed by atoms with Crippen LogP contribution in [0.5, 0.6) is 0 Å². The lowest BCUT2D eigenvalue weighted by atomic mass is 10.2. The minimum atomic E-state index is -0.606. The van der Waals surface area contributed by atoms with Crippen LogP contribution in [0, 0.1) is 6.92 Å². The Morgan fingerprint density at radius 1 is 1.17 bits per heavy atom. The van der Waals surface area contributed by atoms with Crippen LogP contribution in [0.2, 0.25) is 10.0 Å². The number of halogens is 2. The smallest absolute Gasteiger partial charge is 0.408 e. The quantitative estimate of drug-likeness (QED) is 0.780. The maximum atomic E-state index is 12.2. The molecule has 0 saturated heterocycles. The van der Waals surface area contributed by atoms with Crippen LogP contribution >= 0.6 is 23.2 Å². The highest BCUT2D eigenvalue weighted by Crippen LogP contribution is 2.20. The third-order valence-corrected chi connectivity index (χ3v) is 3.86. The second-order valence-corrected chi connectivity index (χ2v) is 5.95. The highest BCUT2D eigenvalue weighted by Gasteiger charge is 2.13. The Kier molecular flexibility index (Phi) is 4.15. The predicted molar refractivity (Wildman–Crippen MR) is 90.3 cm³/mol. The molecule has 1 amide bonds. The summed E-state index contributed by atoms with van der Waals surface area (Å²) in [6, 6.07) is 9.96. The van der Waals surface area contributed by atoms with Crippen molar-refractivity contribution in [2.45, 2.75) is 13.5 Å². The van der Waals surface area contributed by atoms with E-state index >= 15 is 0 Å². The second-order valence-electron chi connectivity index (χ2n) is 5.07. The molecule has 0 fully saturated rings. The molecule has 3 rings (SSSR count). The molecule has 0 bridgehead atoms. The van der Waals surface area contributed by atoms with Gasteiger partial charge in [-0.3, -0.25) is 9.36 Å². The Morgan fingerprint density at radius 3 is 2.61 bits per heavy atom. The summed E-state index contributed by atoms with van der Waals surface area (Å²) in [5, 5.41) is 3.80. The Balaban J connectivity index is 1.86. The Bertz CT molecular complexity index is 960. The van der Waals surface area contributed by atoms with Gasteiger partial charge < -0.3 is 9.73 Å². The van der Waals surface area contributed by atoms with E-state index < -0.39 is 5.76 Å². The van der Waals surface area contributed by atoms with Crippen LogP contribution in [0.3, 0.4) is 0 Å². The maximum absolute atomic E-state index is 12.2. The van der Waals surface area contributed by atoms with E-state index in [1.165, 1.54) is 10.6 Å². The molecule has 0 radical (unpaired) electrons. The number of rotatable bonds is 3. The number of hydrogen-bond donors (Lipinski definition) is 1. The van der Waals surface area contributed by atoms with Gasteiger partial charge in [-0.15, -0.1) is 0 Å². The van der Waals surface area contributed by atoms with Crippen LogP contribution in [-0.4, -0.2) is 10.5 Å². The van der Waals surface area contributed by atoms with Crippen molar-refractivity contribution in [3.8, 4) is 0 Å². The molecule has 0 aliphatic carbocycles. The molecule has 0 atom stereocenters. The predicted octanol–water partition coefficient (Wildman–Crippen LogP) is 3.85. The molecule has 0 saturated carbocycles. The van der Waals surface area contributed by atoms with Crippen molar-refractivity contribution >= 4 is 45.9 Å². The minimum absolute atomic E-state index is 0.157. The highest BCUT2D eigenvalue weighted by atomic mass is 35.5. The number of benzene rings is 2. The number of aryl methyl sites for hydroxylation is 1. The number of carbonyl (C=O) groups is 1. The van der Waals surface area contributed by atoms with E-state index in [4.69, 9.17) is 27.6 Å². The summed E-state index contributed by atoms with van der Waals surface area (Å²) in [4.78, 5) is 24.1. The van der Waals surface area contributed by atoms with Crippen molar-refractivity contribution < 1.29 is 9.21 Å². The summed E-state index contributed by atoms with van der Waals surface area (Å²) in [5.41, 5.74) is 2.34. The largest absolute Gasteiger partial charge is 0.420 e. The van der Waals surface area contributed by atoms with Crippen molar-refractivity contribution in [1.29, 1.82) is 0 Å². The number of nitrogens with one attached hydrogen (secondary N) is 1.